The zero-order valence-corrected chi connectivity index (χ0v) is 18.0. The minimum atomic E-state index is 0.145. The summed E-state index contributed by atoms with van der Waals surface area (Å²) in [6.45, 7) is 14.0. The summed E-state index contributed by atoms with van der Waals surface area (Å²) in [6.07, 6.45) is 17.6. The fourth-order valence-corrected chi connectivity index (χ4v) is 5.44. The second kappa shape index (κ2) is 5.60. The molecule has 0 aromatic heterocycles. The van der Waals surface area contributed by atoms with E-state index in [0.717, 1.165) is 6.42 Å². The molecule has 0 aliphatic heterocycles. The van der Waals surface area contributed by atoms with Crippen LogP contribution in [0.2, 0.25) is 0 Å². The summed E-state index contributed by atoms with van der Waals surface area (Å²) in [7, 11) is 0. The lowest BCUT2D eigenvalue weighted by atomic mass is 9.62. The summed E-state index contributed by atoms with van der Waals surface area (Å²) in [5.41, 5.74) is 13.6. The summed E-state index contributed by atoms with van der Waals surface area (Å²) < 4.78 is 0. The first kappa shape index (κ1) is 17.7. The Balaban J connectivity index is 1.84. The molecule has 142 valence electrons. The zero-order chi connectivity index (χ0) is 19.8. The van der Waals surface area contributed by atoms with Gasteiger partial charge in [-0.15, -0.1) is 0 Å². The number of fused-ring (bicyclic) bond motifs is 1. The van der Waals surface area contributed by atoms with Gasteiger partial charge in [-0.3, -0.25) is 0 Å². The molecule has 1 aromatic rings. The predicted molar refractivity (Wildman–Crippen MR) is 122 cm³/mol. The molecule has 28 heavy (non-hydrogen) atoms. The topological polar surface area (TPSA) is 0 Å². The molecule has 0 heteroatoms. The molecule has 4 aliphatic rings. The Morgan fingerprint density at radius 2 is 1.61 bits per heavy atom. The standard InChI is InChI=1S/C28H30/c1-27(2,3)23-15-13-19-18-10-8-12-22-24(28(4,5)6)16-14-20(26(18)22)17-9-7-11-21(23)25(17)19/h7-9,11-16,25H,10H2,1-6H3. The Labute approximate surface area is 169 Å². The molecular formula is C28H30. The average molecular weight is 367 g/mol. The van der Waals surface area contributed by atoms with Gasteiger partial charge in [0.25, 0.3) is 0 Å². The van der Waals surface area contributed by atoms with Crippen molar-refractivity contribution in [3.63, 3.8) is 0 Å². The van der Waals surface area contributed by atoms with Gasteiger partial charge in [0.15, 0.2) is 0 Å². The molecule has 0 saturated heterocycles. The summed E-state index contributed by atoms with van der Waals surface area (Å²) in [5.74, 6) is 0.395. The van der Waals surface area contributed by atoms with E-state index in [0.29, 0.717) is 5.92 Å². The van der Waals surface area contributed by atoms with Gasteiger partial charge in [-0.25, -0.2) is 0 Å². The fraction of sp³-hybridized carbons (Fsp3) is 0.357. The van der Waals surface area contributed by atoms with Crippen molar-refractivity contribution in [2.24, 2.45) is 11.3 Å². The molecule has 0 radical (unpaired) electrons. The van der Waals surface area contributed by atoms with Crippen LogP contribution in [0.1, 0.15) is 70.2 Å². The van der Waals surface area contributed by atoms with Crippen molar-refractivity contribution in [3.05, 3.63) is 87.6 Å². The average Bonchev–Trinajstić information content (AvgIpc) is 2.63. The Kier molecular flexibility index (Phi) is 3.55. The van der Waals surface area contributed by atoms with Gasteiger partial charge in [-0.1, -0.05) is 96.2 Å². The third-order valence-corrected chi connectivity index (χ3v) is 6.65. The lowest BCUT2D eigenvalue weighted by Gasteiger charge is -2.41. The van der Waals surface area contributed by atoms with Crippen LogP contribution in [0.4, 0.5) is 0 Å². The van der Waals surface area contributed by atoms with Crippen LogP contribution in [0.5, 0.6) is 0 Å². The van der Waals surface area contributed by atoms with Gasteiger partial charge in [0.2, 0.25) is 0 Å². The molecule has 1 aromatic carbocycles. The maximum Gasteiger partial charge on any atom is 0.0352 e. The van der Waals surface area contributed by atoms with Crippen molar-refractivity contribution < 1.29 is 0 Å². The first-order chi connectivity index (χ1) is 13.2. The van der Waals surface area contributed by atoms with Crippen molar-refractivity contribution in [3.8, 4) is 0 Å². The zero-order valence-electron chi connectivity index (χ0n) is 18.0. The van der Waals surface area contributed by atoms with Crippen LogP contribution in [-0.2, 0) is 5.41 Å². The molecule has 1 unspecified atom stereocenters. The van der Waals surface area contributed by atoms with Crippen molar-refractivity contribution in [1.29, 1.82) is 0 Å². The number of rotatable bonds is 0. The first-order valence-corrected chi connectivity index (χ1v) is 10.6. The van der Waals surface area contributed by atoms with Crippen LogP contribution >= 0.6 is 0 Å². The molecule has 0 N–H and O–H groups in total. The van der Waals surface area contributed by atoms with Crippen LogP contribution in [-0.4, -0.2) is 0 Å². The first-order valence-electron chi connectivity index (χ1n) is 10.6. The second-order valence-corrected chi connectivity index (χ2v) is 10.6. The van der Waals surface area contributed by atoms with Crippen molar-refractivity contribution in [2.75, 3.05) is 0 Å². The lowest BCUT2D eigenvalue weighted by molar-refractivity contribution is 0.507. The van der Waals surface area contributed by atoms with Gasteiger partial charge in [0.1, 0.15) is 0 Å². The highest BCUT2D eigenvalue weighted by Gasteiger charge is 2.39. The number of allylic oxidation sites excluding steroid dienone is 11. The third-order valence-electron chi connectivity index (χ3n) is 6.65. The predicted octanol–water partition coefficient (Wildman–Crippen LogP) is 7.65. The largest absolute Gasteiger partial charge is 0.0795 e. The van der Waals surface area contributed by atoms with E-state index in [1.54, 1.807) is 0 Å². The molecule has 0 bridgehead atoms. The molecule has 1 atom stereocenters. The van der Waals surface area contributed by atoms with E-state index in [2.05, 4.69) is 96.2 Å². The molecular weight excluding hydrogens is 336 g/mol. The van der Waals surface area contributed by atoms with Crippen molar-refractivity contribution >= 4 is 17.2 Å². The van der Waals surface area contributed by atoms with Crippen molar-refractivity contribution in [2.45, 2.75) is 53.4 Å². The molecule has 0 nitrogen and oxygen atoms in total. The van der Waals surface area contributed by atoms with Gasteiger partial charge in [0.05, 0.1) is 0 Å². The molecule has 4 aliphatic carbocycles. The highest BCUT2D eigenvalue weighted by Crippen LogP contribution is 2.55. The second-order valence-electron chi connectivity index (χ2n) is 10.6. The van der Waals surface area contributed by atoms with Gasteiger partial charge >= 0.3 is 0 Å². The summed E-state index contributed by atoms with van der Waals surface area (Å²) >= 11 is 0. The molecule has 0 heterocycles. The van der Waals surface area contributed by atoms with E-state index in [4.69, 9.17) is 0 Å². The van der Waals surface area contributed by atoms with E-state index in [1.165, 1.54) is 50.1 Å². The molecule has 0 saturated carbocycles. The minimum Gasteiger partial charge on any atom is -0.0795 e. The van der Waals surface area contributed by atoms with E-state index in [9.17, 15) is 0 Å². The van der Waals surface area contributed by atoms with Gasteiger partial charge in [-0.05, 0) is 67.4 Å². The number of benzene rings is 1. The van der Waals surface area contributed by atoms with Crippen molar-refractivity contribution in [1.82, 2.24) is 0 Å². The Morgan fingerprint density at radius 3 is 2.32 bits per heavy atom. The van der Waals surface area contributed by atoms with E-state index in [1.807, 2.05) is 0 Å². The lowest BCUT2D eigenvalue weighted by Crippen LogP contribution is -2.26. The molecule has 5 rings (SSSR count). The van der Waals surface area contributed by atoms with Gasteiger partial charge in [0, 0.05) is 5.92 Å². The van der Waals surface area contributed by atoms with Gasteiger partial charge in [-0.2, -0.15) is 0 Å². The molecule has 0 amide bonds. The summed E-state index contributed by atoms with van der Waals surface area (Å²) in [5, 5.41) is 0. The molecule has 0 spiro atoms. The summed E-state index contributed by atoms with van der Waals surface area (Å²) in [4.78, 5) is 0. The van der Waals surface area contributed by atoms with E-state index in [-0.39, 0.29) is 10.8 Å². The highest BCUT2D eigenvalue weighted by molar-refractivity contribution is 5.98. The SMILES string of the molecule is CC(C)(C)C1=C2C=CC=C3c4ccc(C(C)(C)C)c5c4C(=C(C=C1)C32)CC=C5. The van der Waals surface area contributed by atoms with E-state index >= 15 is 0 Å². The number of hydrogen-bond acceptors (Lipinski definition) is 0. The minimum absolute atomic E-state index is 0.145. The Hall–Kier alpha value is -2.34. The summed E-state index contributed by atoms with van der Waals surface area (Å²) in [6, 6.07) is 4.77. The van der Waals surface area contributed by atoms with E-state index < -0.39 is 0 Å². The smallest absolute Gasteiger partial charge is 0.0352 e. The Morgan fingerprint density at radius 1 is 0.821 bits per heavy atom. The number of hydrogen-bond donors (Lipinski definition) is 0. The van der Waals surface area contributed by atoms with Crippen LogP contribution in [0.3, 0.4) is 0 Å². The maximum absolute atomic E-state index is 2.42. The highest BCUT2D eigenvalue weighted by atomic mass is 14.4. The Bertz CT molecular complexity index is 1080. The maximum atomic E-state index is 2.42. The molecule has 0 fully saturated rings. The van der Waals surface area contributed by atoms with Crippen LogP contribution < -0.4 is 0 Å². The third kappa shape index (κ3) is 2.37. The fourth-order valence-electron chi connectivity index (χ4n) is 5.44. The quantitative estimate of drug-likeness (QED) is 0.442. The monoisotopic (exact) mass is 366 g/mol. The van der Waals surface area contributed by atoms with Crippen LogP contribution in [0, 0.1) is 11.3 Å². The van der Waals surface area contributed by atoms with Crippen LogP contribution in [0.15, 0.2) is 65.3 Å². The van der Waals surface area contributed by atoms with Crippen LogP contribution in [0.25, 0.3) is 17.2 Å². The normalized spacial score (nSPS) is 22.4. The van der Waals surface area contributed by atoms with Gasteiger partial charge < -0.3 is 0 Å².